The van der Waals surface area contributed by atoms with Crippen molar-refractivity contribution in [3.8, 4) is 5.75 Å². The van der Waals surface area contributed by atoms with Crippen LogP contribution in [0.3, 0.4) is 0 Å². The van der Waals surface area contributed by atoms with Gasteiger partial charge in [0, 0.05) is 24.7 Å². The summed E-state index contributed by atoms with van der Waals surface area (Å²) >= 11 is 0. The molecule has 1 aromatic rings. The number of aryl methyl sites for hydroxylation is 1. The molecule has 1 fully saturated rings. The predicted octanol–water partition coefficient (Wildman–Crippen LogP) is 2.30. The number of likely N-dealkylation sites (tertiary alicyclic amines) is 1. The van der Waals surface area contributed by atoms with Crippen LogP contribution in [0.5, 0.6) is 5.75 Å². The Morgan fingerprint density at radius 1 is 1.40 bits per heavy atom. The van der Waals surface area contributed by atoms with E-state index in [9.17, 15) is 9.90 Å². The number of hydrogen-bond donors (Lipinski definition) is 2. The third kappa shape index (κ3) is 3.51. The van der Waals surface area contributed by atoms with Crippen LogP contribution in [0.2, 0.25) is 0 Å². The molecule has 0 aromatic heterocycles. The summed E-state index contributed by atoms with van der Waals surface area (Å²) in [7, 11) is 0. The third-order valence-electron chi connectivity index (χ3n) is 3.92. The molecule has 0 aliphatic carbocycles. The predicted molar refractivity (Wildman–Crippen MR) is 80.1 cm³/mol. The molecule has 0 saturated carbocycles. The Hall–Kier alpha value is -1.55. The number of piperidine rings is 1. The van der Waals surface area contributed by atoms with Crippen LogP contribution in [0, 0.1) is 6.92 Å². The molecule has 1 amide bonds. The molecule has 2 N–H and O–H groups in total. The fourth-order valence-electron chi connectivity index (χ4n) is 2.56. The molecule has 0 unspecified atom stereocenters. The van der Waals surface area contributed by atoms with E-state index in [0.29, 0.717) is 11.6 Å². The number of phenolic OH excluding ortho intramolecular Hbond substituents is 1. The Labute approximate surface area is 120 Å². The number of amides is 1. The molecule has 0 bridgehead atoms. The van der Waals surface area contributed by atoms with E-state index in [2.05, 4.69) is 12.2 Å². The van der Waals surface area contributed by atoms with Crippen LogP contribution < -0.4 is 5.32 Å². The maximum Gasteiger partial charge on any atom is 0.253 e. The van der Waals surface area contributed by atoms with E-state index in [1.165, 1.54) is 0 Å². The number of benzene rings is 1. The molecule has 1 aromatic carbocycles. The van der Waals surface area contributed by atoms with Gasteiger partial charge in [-0.1, -0.05) is 13.0 Å². The fraction of sp³-hybridized carbons (Fsp3) is 0.562. The summed E-state index contributed by atoms with van der Waals surface area (Å²) in [6.07, 6.45) is 3.15. The molecule has 4 heteroatoms. The Morgan fingerprint density at radius 3 is 2.70 bits per heavy atom. The lowest BCUT2D eigenvalue weighted by Gasteiger charge is -2.32. The Morgan fingerprint density at radius 2 is 2.10 bits per heavy atom. The molecule has 4 nitrogen and oxygen atoms in total. The van der Waals surface area contributed by atoms with Gasteiger partial charge in [-0.25, -0.2) is 0 Å². The Balaban J connectivity index is 1.92. The molecule has 110 valence electrons. The number of aromatic hydroxyl groups is 1. The van der Waals surface area contributed by atoms with Gasteiger partial charge in [-0.15, -0.1) is 0 Å². The molecule has 20 heavy (non-hydrogen) atoms. The highest BCUT2D eigenvalue weighted by molar-refractivity contribution is 5.94. The summed E-state index contributed by atoms with van der Waals surface area (Å²) in [6, 6.07) is 5.68. The number of hydrogen-bond acceptors (Lipinski definition) is 3. The first-order valence-corrected chi connectivity index (χ1v) is 7.44. The summed E-state index contributed by atoms with van der Waals surface area (Å²) in [5.74, 6) is 0.213. The second-order valence-electron chi connectivity index (χ2n) is 5.52. The van der Waals surface area contributed by atoms with Crippen LogP contribution in [-0.2, 0) is 0 Å². The van der Waals surface area contributed by atoms with Gasteiger partial charge in [0.2, 0.25) is 0 Å². The molecule has 0 spiro atoms. The van der Waals surface area contributed by atoms with Crippen LogP contribution in [0.25, 0.3) is 0 Å². The zero-order valence-electron chi connectivity index (χ0n) is 12.4. The Kier molecular flexibility index (Phi) is 5.01. The number of nitrogens with zero attached hydrogens (tertiary/aromatic N) is 1. The zero-order valence-corrected chi connectivity index (χ0v) is 12.4. The summed E-state index contributed by atoms with van der Waals surface area (Å²) in [5.41, 5.74) is 1.37. The number of phenols is 1. The van der Waals surface area contributed by atoms with Crippen molar-refractivity contribution in [2.24, 2.45) is 0 Å². The van der Waals surface area contributed by atoms with Crippen molar-refractivity contribution in [2.45, 2.75) is 39.2 Å². The minimum absolute atomic E-state index is 0.0224. The molecule has 1 heterocycles. The van der Waals surface area contributed by atoms with E-state index in [1.807, 2.05) is 11.8 Å². The number of rotatable bonds is 4. The molecule has 0 atom stereocenters. The minimum Gasteiger partial charge on any atom is -0.508 e. The van der Waals surface area contributed by atoms with E-state index in [4.69, 9.17) is 0 Å². The summed E-state index contributed by atoms with van der Waals surface area (Å²) < 4.78 is 0. The summed E-state index contributed by atoms with van der Waals surface area (Å²) in [4.78, 5) is 14.3. The second-order valence-corrected chi connectivity index (χ2v) is 5.52. The standard InChI is InChI=1S/C16H24N2O2/c1-3-8-17-14-6-9-18(10-7-14)16(20)13-5-4-12(2)15(19)11-13/h4-5,11,14,17,19H,3,6-10H2,1-2H3. The first-order chi connectivity index (χ1) is 9.61. The van der Waals surface area contributed by atoms with Gasteiger partial charge >= 0.3 is 0 Å². The van der Waals surface area contributed by atoms with Crippen molar-refractivity contribution < 1.29 is 9.90 Å². The SMILES string of the molecule is CCCNC1CCN(C(=O)c2ccc(C)c(O)c2)CC1. The summed E-state index contributed by atoms with van der Waals surface area (Å²) in [6.45, 7) is 6.61. The average Bonchev–Trinajstić information content (AvgIpc) is 2.48. The van der Waals surface area contributed by atoms with E-state index in [-0.39, 0.29) is 11.7 Å². The van der Waals surface area contributed by atoms with Crippen molar-refractivity contribution in [3.63, 3.8) is 0 Å². The van der Waals surface area contributed by atoms with Crippen LogP contribution in [-0.4, -0.2) is 41.6 Å². The molecule has 1 aliphatic heterocycles. The molecule has 0 radical (unpaired) electrons. The van der Waals surface area contributed by atoms with Gasteiger partial charge in [-0.3, -0.25) is 4.79 Å². The zero-order chi connectivity index (χ0) is 14.5. The van der Waals surface area contributed by atoms with Gasteiger partial charge in [0.1, 0.15) is 5.75 Å². The minimum atomic E-state index is 0.0224. The number of carbonyl (C=O) groups is 1. The molecular formula is C16H24N2O2. The first kappa shape index (κ1) is 14.9. The van der Waals surface area contributed by atoms with Gasteiger partial charge in [0.05, 0.1) is 0 Å². The normalized spacial score (nSPS) is 16.4. The molecule has 2 rings (SSSR count). The van der Waals surface area contributed by atoms with Crippen molar-refractivity contribution in [2.75, 3.05) is 19.6 Å². The molecular weight excluding hydrogens is 252 g/mol. The molecule has 1 aliphatic rings. The monoisotopic (exact) mass is 276 g/mol. The van der Waals surface area contributed by atoms with Gasteiger partial charge < -0.3 is 15.3 Å². The highest BCUT2D eigenvalue weighted by atomic mass is 16.3. The maximum absolute atomic E-state index is 12.4. The Bertz CT molecular complexity index is 466. The van der Waals surface area contributed by atoms with Gasteiger partial charge in [0.15, 0.2) is 0 Å². The van der Waals surface area contributed by atoms with Crippen molar-refractivity contribution in [1.82, 2.24) is 10.2 Å². The van der Waals surface area contributed by atoms with Crippen molar-refractivity contribution in [3.05, 3.63) is 29.3 Å². The first-order valence-electron chi connectivity index (χ1n) is 7.44. The largest absolute Gasteiger partial charge is 0.508 e. The lowest BCUT2D eigenvalue weighted by molar-refractivity contribution is 0.0705. The lowest BCUT2D eigenvalue weighted by atomic mass is 10.0. The van der Waals surface area contributed by atoms with Crippen LogP contribution in [0.1, 0.15) is 42.1 Å². The van der Waals surface area contributed by atoms with Gasteiger partial charge in [0.25, 0.3) is 5.91 Å². The maximum atomic E-state index is 12.4. The van der Waals surface area contributed by atoms with Crippen molar-refractivity contribution in [1.29, 1.82) is 0 Å². The van der Waals surface area contributed by atoms with Crippen molar-refractivity contribution >= 4 is 5.91 Å². The molecule has 1 saturated heterocycles. The van der Waals surface area contributed by atoms with E-state index in [1.54, 1.807) is 18.2 Å². The van der Waals surface area contributed by atoms with Gasteiger partial charge in [-0.05, 0) is 50.4 Å². The summed E-state index contributed by atoms with van der Waals surface area (Å²) in [5, 5.41) is 13.2. The van der Waals surface area contributed by atoms with Crippen LogP contribution >= 0.6 is 0 Å². The second kappa shape index (κ2) is 6.75. The average molecular weight is 276 g/mol. The van der Waals surface area contributed by atoms with E-state index in [0.717, 1.165) is 44.5 Å². The number of carbonyl (C=O) groups excluding carboxylic acids is 1. The highest BCUT2D eigenvalue weighted by Gasteiger charge is 2.23. The fourth-order valence-corrected chi connectivity index (χ4v) is 2.56. The van der Waals surface area contributed by atoms with E-state index < -0.39 is 0 Å². The van der Waals surface area contributed by atoms with Gasteiger partial charge in [-0.2, -0.15) is 0 Å². The topological polar surface area (TPSA) is 52.6 Å². The number of nitrogens with one attached hydrogen (secondary N) is 1. The smallest absolute Gasteiger partial charge is 0.253 e. The quantitative estimate of drug-likeness (QED) is 0.887. The highest BCUT2D eigenvalue weighted by Crippen LogP contribution is 2.20. The van der Waals surface area contributed by atoms with E-state index >= 15 is 0 Å². The third-order valence-corrected chi connectivity index (χ3v) is 3.92. The van der Waals surface area contributed by atoms with Crippen LogP contribution in [0.4, 0.5) is 0 Å². The lowest BCUT2D eigenvalue weighted by Crippen LogP contribution is -2.45. The van der Waals surface area contributed by atoms with Crippen LogP contribution in [0.15, 0.2) is 18.2 Å².